The molecule has 19 heavy (non-hydrogen) atoms. The van der Waals surface area contributed by atoms with E-state index < -0.39 is 0 Å². The zero-order valence-electron chi connectivity index (χ0n) is 11.2. The number of benzene rings is 1. The van der Waals surface area contributed by atoms with Crippen molar-refractivity contribution in [1.82, 2.24) is 15.5 Å². The van der Waals surface area contributed by atoms with E-state index in [4.69, 9.17) is 0 Å². The number of likely N-dealkylation sites (N-methyl/N-ethyl adjacent to an activating group) is 1. The largest absolute Gasteiger partial charge is 0.373 e. The lowest BCUT2D eigenvalue weighted by atomic mass is 10.2. The Bertz CT molecular complexity index is 535. The van der Waals surface area contributed by atoms with Gasteiger partial charge in [-0.25, -0.2) is 0 Å². The molecule has 0 saturated carbocycles. The van der Waals surface area contributed by atoms with E-state index in [9.17, 15) is 4.79 Å². The molecule has 2 rings (SSSR count). The number of hydrogen-bond donors (Lipinski definition) is 2. The molecule has 0 unspecified atom stereocenters. The monoisotopic (exact) mass is 258 g/mol. The minimum absolute atomic E-state index is 0.0901. The fraction of sp³-hybridized carbons (Fsp3) is 0.286. The number of anilines is 1. The fourth-order valence-corrected chi connectivity index (χ4v) is 1.82. The Morgan fingerprint density at radius 1 is 1.37 bits per heavy atom. The summed E-state index contributed by atoms with van der Waals surface area (Å²) in [5, 5.41) is 9.48. The summed E-state index contributed by atoms with van der Waals surface area (Å²) in [5.74, 6) is -0.0901. The number of aryl methyl sites for hydroxylation is 1. The minimum Gasteiger partial charge on any atom is -0.373 e. The van der Waals surface area contributed by atoms with Crippen LogP contribution in [0.4, 0.5) is 5.69 Å². The number of nitrogens with zero attached hydrogens (tertiary/aromatic N) is 2. The Morgan fingerprint density at radius 2 is 2.11 bits per heavy atom. The van der Waals surface area contributed by atoms with Crippen LogP contribution in [0.1, 0.15) is 16.1 Å². The third kappa shape index (κ3) is 3.34. The maximum Gasteiger partial charge on any atom is 0.254 e. The summed E-state index contributed by atoms with van der Waals surface area (Å²) in [6, 6.07) is 10.1. The molecule has 2 aromatic rings. The Morgan fingerprint density at radius 3 is 2.74 bits per heavy atom. The smallest absolute Gasteiger partial charge is 0.254 e. The van der Waals surface area contributed by atoms with Gasteiger partial charge in [0.1, 0.15) is 0 Å². The number of para-hydroxylation sites is 1. The van der Waals surface area contributed by atoms with Crippen molar-refractivity contribution < 1.29 is 4.79 Å². The van der Waals surface area contributed by atoms with Gasteiger partial charge in [-0.15, -0.1) is 0 Å². The van der Waals surface area contributed by atoms with Gasteiger partial charge in [-0.1, -0.05) is 18.2 Å². The van der Waals surface area contributed by atoms with Gasteiger partial charge in [-0.05, 0) is 19.1 Å². The number of H-pyrrole nitrogens is 1. The average Bonchev–Trinajstić information content (AvgIpc) is 2.86. The molecule has 0 fully saturated rings. The second-order valence-corrected chi connectivity index (χ2v) is 4.42. The van der Waals surface area contributed by atoms with Crippen LogP contribution in [0.25, 0.3) is 0 Å². The van der Waals surface area contributed by atoms with Crippen molar-refractivity contribution in [3.63, 3.8) is 0 Å². The molecule has 1 aromatic heterocycles. The predicted octanol–water partition coefficient (Wildman–Crippen LogP) is 1.58. The molecule has 2 N–H and O–H groups in total. The summed E-state index contributed by atoms with van der Waals surface area (Å²) < 4.78 is 0. The zero-order valence-corrected chi connectivity index (χ0v) is 11.2. The Kier molecular flexibility index (Phi) is 4.18. The highest BCUT2D eigenvalue weighted by molar-refractivity contribution is 5.94. The van der Waals surface area contributed by atoms with Crippen LogP contribution >= 0.6 is 0 Å². The van der Waals surface area contributed by atoms with E-state index in [2.05, 4.69) is 20.4 Å². The van der Waals surface area contributed by atoms with E-state index in [1.54, 1.807) is 6.20 Å². The van der Waals surface area contributed by atoms with E-state index >= 15 is 0 Å². The molecule has 5 nitrogen and oxygen atoms in total. The fourth-order valence-electron chi connectivity index (χ4n) is 1.82. The highest BCUT2D eigenvalue weighted by atomic mass is 16.1. The standard InChI is InChI=1S/C14H18N4O/c1-11-13(10-16-17-11)14(19)15-8-9-18(2)12-6-4-3-5-7-12/h3-7,10H,8-9H2,1-2H3,(H,15,19)(H,16,17). The molecule has 0 bridgehead atoms. The summed E-state index contributed by atoms with van der Waals surface area (Å²) in [5.41, 5.74) is 2.52. The Balaban J connectivity index is 1.81. The first-order valence-electron chi connectivity index (χ1n) is 6.23. The number of nitrogens with one attached hydrogen (secondary N) is 2. The molecule has 0 atom stereocenters. The third-order valence-electron chi connectivity index (χ3n) is 3.00. The van der Waals surface area contributed by atoms with Crippen molar-refractivity contribution in [2.45, 2.75) is 6.92 Å². The molecule has 100 valence electrons. The first-order chi connectivity index (χ1) is 9.18. The van der Waals surface area contributed by atoms with Crippen molar-refractivity contribution in [3.05, 3.63) is 47.8 Å². The maximum absolute atomic E-state index is 11.9. The van der Waals surface area contributed by atoms with Crippen LogP contribution in [0, 0.1) is 6.92 Å². The quantitative estimate of drug-likeness (QED) is 0.856. The van der Waals surface area contributed by atoms with Crippen molar-refractivity contribution in [1.29, 1.82) is 0 Å². The van der Waals surface area contributed by atoms with Gasteiger partial charge < -0.3 is 10.2 Å². The summed E-state index contributed by atoms with van der Waals surface area (Å²) in [6.07, 6.45) is 1.55. The van der Waals surface area contributed by atoms with Gasteiger partial charge in [0.2, 0.25) is 0 Å². The van der Waals surface area contributed by atoms with Gasteiger partial charge in [0.05, 0.1) is 11.8 Å². The maximum atomic E-state index is 11.9. The molecule has 1 heterocycles. The number of carbonyl (C=O) groups excluding carboxylic acids is 1. The van der Waals surface area contributed by atoms with Crippen LogP contribution in [-0.2, 0) is 0 Å². The Hall–Kier alpha value is -2.30. The summed E-state index contributed by atoms with van der Waals surface area (Å²) >= 11 is 0. The summed E-state index contributed by atoms with van der Waals surface area (Å²) in [4.78, 5) is 14.0. The first kappa shape index (κ1) is 13.1. The van der Waals surface area contributed by atoms with Crippen molar-refractivity contribution in [3.8, 4) is 0 Å². The van der Waals surface area contributed by atoms with Crippen molar-refractivity contribution in [2.75, 3.05) is 25.0 Å². The molecule has 0 spiro atoms. The lowest BCUT2D eigenvalue weighted by molar-refractivity contribution is 0.0954. The molecular formula is C14H18N4O. The van der Waals surface area contributed by atoms with Gasteiger partial charge in [0, 0.05) is 31.5 Å². The molecule has 1 aromatic carbocycles. The predicted molar refractivity (Wildman–Crippen MR) is 75.4 cm³/mol. The molecule has 5 heteroatoms. The average molecular weight is 258 g/mol. The third-order valence-corrected chi connectivity index (χ3v) is 3.00. The number of aromatic amines is 1. The number of aromatic nitrogens is 2. The molecule has 0 aliphatic rings. The SMILES string of the molecule is Cc1[nH]ncc1C(=O)NCCN(C)c1ccccc1. The highest BCUT2D eigenvalue weighted by Crippen LogP contribution is 2.09. The Labute approximate surface area is 112 Å². The van der Waals surface area contributed by atoms with Crippen LogP contribution in [0.3, 0.4) is 0 Å². The number of rotatable bonds is 5. The van der Waals surface area contributed by atoms with Gasteiger partial charge in [-0.3, -0.25) is 9.89 Å². The second-order valence-electron chi connectivity index (χ2n) is 4.42. The lowest BCUT2D eigenvalue weighted by Crippen LogP contribution is -2.33. The topological polar surface area (TPSA) is 61.0 Å². The molecule has 0 aliphatic heterocycles. The van der Waals surface area contributed by atoms with Gasteiger partial charge in [0.25, 0.3) is 5.91 Å². The van der Waals surface area contributed by atoms with E-state index in [0.29, 0.717) is 12.1 Å². The molecule has 0 aliphatic carbocycles. The van der Waals surface area contributed by atoms with Crippen molar-refractivity contribution >= 4 is 11.6 Å². The molecular weight excluding hydrogens is 240 g/mol. The number of amides is 1. The molecule has 0 saturated heterocycles. The van der Waals surface area contributed by atoms with Gasteiger partial charge >= 0.3 is 0 Å². The minimum atomic E-state index is -0.0901. The summed E-state index contributed by atoms with van der Waals surface area (Å²) in [6.45, 7) is 3.18. The van der Waals surface area contributed by atoms with E-state index in [1.807, 2.05) is 44.3 Å². The zero-order chi connectivity index (χ0) is 13.7. The van der Waals surface area contributed by atoms with Gasteiger partial charge in [0.15, 0.2) is 0 Å². The van der Waals surface area contributed by atoms with Crippen LogP contribution < -0.4 is 10.2 Å². The van der Waals surface area contributed by atoms with Crippen LogP contribution in [0.5, 0.6) is 0 Å². The normalized spacial score (nSPS) is 10.2. The van der Waals surface area contributed by atoms with Crippen molar-refractivity contribution in [2.24, 2.45) is 0 Å². The second kappa shape index (κ2) is 6.04. The van der Waals surface area contributed by atoms with Crippen LogP contribution in [-0.4, -0.2) is 36.2 Å². The first-order valence-corrected chi connectivity index (χ1v) is 6.23. The van der Waals surface area contributed by atoms with Crippen LogP contribution in [0.2, 0.25) is 0 Å². The van der Waals surface area contributed by atoms with E-state index in [0.717, 1.165) is 17.9 Å². The van der Waals surface area contributed by atoms with E-state index in [-0.39, 0.29) is 5.91 Å². The summed E-state index contributed by atoms with van der Waals surface area (Å²) in [7, 11) is 2.00. The number of hydrogen-bond acceptors (Lipinski definition) is 3. The van der Waals surface area contributed by atoms with E-state index in [1.165, 1.54) is 0 Å². The molecule has 0 radical (unpaired) electrons. The number of carbonyl (C=O) groups is 1. The lowest BCUT2D eigenvalue weighted by Gasteiger charge is -2.19. The molecule has 1 amide bonds. The van der Waals surface area contributed by atoms with Crippen LogP contribution in [0.15, 0.2) is 36.5 Å². The van der Waals surface area contributed by atoms with Gasteiger partial charge in [-0.2, -0.15) is 5.10 Å². The highest BCUT2D eigenvalue weighted by Gasteiger charge is 2.10.